The summed E-state index contributed by atoms with van der Waals surface area (Å²) in [6.45, 7) is 2.86. The Morgan fingerprint density at radius 1 is 1.24 bits per heavy atom. The van der Waals surface area contributed by atoms with E-state index in [-0.39, 0.29) is 6.03 Å². The summed E-state index contributed by atoms with van der Waals surface area (Å²) >= 11 is 2.00. The molecule has 2 amide bonds. The van der Waals surface area contributed by atoms with Crippen LogP contribution < -0.4 is 16.0 Å². The molecule has 0 aromatic rings. The van der Waals surface area contributed by atoms with Crippen molar-refractivity contribution in [2.75, 3.05) is 25.4 Å². The van der Waals surface area contributed by atoms with Crippen molar-refractivity contribution in [3.8, 4) is 0 Å². The fourth-order valence-electron chi connectivity index (χ4n) is 2.38. The molecule has 2 heterocycles. The van der Waals surface area contributed by atoms with Crippen molar-refractivity contribution >= 4 is 17.8 Å². The van der Waals surface area contributed by atoms with Crippen LogP contribution in [-0.4, -0.2) is 42.7 Å². The predicted octanol–water partition coefficient (Wildman–Crippen LogP) is 1.32. The summed E-state index contributed by atoms with van der Waals surface area (Å²) in [5.74, 6) is 1.25. The summed E-state index contributed by atoms with van der Waals surface area (Å²) in [6, 6.07) is 0.373. The lowest BCUT2D eigenvalue weighted by atomic mass is 10.1. The number of piperidine rings is 1. The third-order valence-corrected chi connectivity index (χ3v) is 4.84. The third kappa shape index (κ3) is 4.76. The van der Waals surface area contributed by atoms with E-state index in [9.17, 15) is 4.79 Å². The minimum Gasteiger partial charge on any atom is -0.337 e. The Balaban J connectivity index is 1.59. The number of nitrogens with one attached hydrogen (secondary N) is 3. The van der Waals surface area contributed by atoms with Gasteiger partial charge < -0.3 is 16.0 Å². The average molecular weight is 257 g/mol. The van der Waals surface area contributed by atoms with Crippen LogP contribution in [0, 0.1) is 0 Å². The number of thioether (sulfide) groups is 1. The number of hydrogen-bond donors (Lipinski definition) is 3. The molecule has 98 valence electrons. The average Bonchev–Trinajstić information content (AvgIpc) is 2.39. The van der Waals surface area contributed by atoms with Crippen LogP contribution in [-0.2, 0) is 0 Å². The minimum atomic E-state index is 0.0167. The van der Waals surface area contributed by atoms with E-state index in [1.54, 1.807) is 0 Å². The molecule has 1 unspecified atom stereocenters. The van der Waals surface area contributed by atoms with Crippen LogP contribution in [0.15, 0.2) is 0 Å². The molecule has 2 saturated heterocycles. The zero-order valence-electron chi connectivity index (χ0n) is 10.3. The fourth-order valence-corrected chi connectivity index (χ4v) is 3.62. The SMILES string of the molecule is O=C(NCC1CCCCS1)NC1CCNCC1. The number of rotatable bonds is 3. The van der Waals surface area contributed by atoms with Gasteiger partial charge in [0.25, 0.3) is 0 Å². The predicted molar refractivity (Wildman–Crippen MR) is 72.5 cm³/mol. The van der Waals surface area contributed by atoms with E-state index < -0.39 is 0 Å². The van der Waals surface area contributed by atoms with Gasteiger partial charge in [0.2, 0.25) is 0 Å². The van der Waals surface area contributed by atoms with Gasteiger partial charge in [0, 0.05) is 17.8 Å². The molecule has 5 heteroatoms. The second-order valence-corrected chi connectivity index (χ2v) is 6.28. The third-order valence-electron chi connectivity index (χ3n) is 3.44. The lowest BCUT2D eigenvalue weighted by Gasteiger charge is -2.25. The topological polar surface area (TPSA) is 53.2 Å². The van der Waals surface area contributed by atoms with Crippen molar-refractivity contribution in [2.24, 2.45) is 0 Å². The minimum absolute atomic E-state index is 0.0167. The lowest BCUT2D eigenvalue weighted by Crippen LogP contribution is -2.48. The largest absolute Gasteiger partial charge is 0.337 e. The van der Waals surface area contributed by atoms with Gasteiger partial charge in [-0.3, -0.25) is 0 Å². The molecule has 4 nitrogen and oxygen atoms in total. The Bertz CT molecular complexity index is 238. The molecular weight excluding hydrogens is 234 g/mol. The first-order valence-corrected chi connectivity index (χ1v) is 7.76. The molecule has 1 atom stereocenters. The molecule has 0 saturated carbocycles. The van der Waals surface area contributed by atoms with Crippen molar-refractivity contribution in [3.05, 3.63) is 0 Å². The van der Waals surface area contributed by atoms with E-state index in [0.717, 1.165) is 32.5 Å². The molecule has 0 aromatic carbocycles. The highest BCUT2D eigenvalue weighted by molar-refractivity contribution is 7.99. The Morgan fingerprint density at radius 3 is 2.76 bits per heavy atom. The number of carbonyl (C=O) groups is 1. The van der Waals surface area contributed by atoms with E-state index in [1.807, 2.05) is 11.8 Å². The monoisotopic (exact) mass is 257 g/mol. The van der Waals surface area contributed by atoms with Crippen LogP contribution in [0.4, 0.5) is 4.79 Å². The van der Waals surface area contributed by atoms with Crippen LogP contribution in [0.5, 0.6) is 0 Å². The molecule has 17 heavy (non-hydrogen) atoms. The molecular formula is C12H23N3OS. The van der Waals surface area contributed by atoms with Crippen molar-refractivity contribution in [1.29, 1.82) is 0 Å². The first-order chi connectivity index (χ1) is 8.34. The maximum absolute atomic E-state index is 11.7. The summed E-state index contributed by atoms with van der Waals surface area (Å²) in [5, 5.41) is 9.99. The first-order valence-electron chi connectivity index (χ1n) is 6.71. The van der Waals surface area contributed by atoms with Crippen LogP contribution in [0.3, 0.4) is 0 Å². The van der Waals surface area contributed by atoms with Gasteiger partial charge in [0.1, 0.15) is 0 Å². The highest BCUT2D eigenvalue weighted by Crippen LogP contribution is 2.24. The Hall–Kier alpha value is -0.420. The van der Waals surface area contributed by atoms with Gasteiger partial charge in [-0.2, -0.15) is 11.8 Å². The number of urea groups is 1. The van der Waals surface area contributed by atoms with Crippen molar-refractivity contribution < 1.29 is 4.79 Å². The van der Waals surface area contributed by atoms with Gasteiger partial charge in [-0.05, 0) is 44.5 Å². The maximum atomic E-state index is 11.7. The molecule has 2 fully saturated rings. The van der Waals surface area contributed by atoms with Crippen molar-refractivity contribution in [1.82, 2.24) is 16.0 Å². The number of carbonyl (C=O) groups excluding carboxylic acids is 1. The van der Waals surface area contributed by atoms with Gasteiger partial charge in [0.15, 0.2) is 0 Å². The second kappa shape index (κ2) is 7.11. The van der Waals surface area contributed by atoms with Crippen LogP contribution in [0.1, 0.15) is 32.1 Å². The van der Waals surface area contributed by atoms with E-state index in [4.69, 9.17) is 0 Å². The second-order valence-electron chi connectivity index (χ2n) is 4.87. The van der Waals surface area contributed by atoms with Gasteiger partial charge in [0.05, 0.1) is 0 Å². The van der Waals surface area contributed by atoms with Gasteiger partial charge in [-0.25, -0.2) is 4.79 Å². The van der Waals surface area contributed by atoms with Gasteiger partial charge in [-0.1, -0.05) is 6.42 Å². The summed E-state index contributed by atoms with van der Waals surface area (Å²) in [7, 11) is 0. The quantitative estimate of drug-likeness (QED) is 0.715. The molecule has 2 rings (SSSR count). The zero-order valence-corrected chi connectivity index (χ0v) is 11.2. The van der Waals surface area contributed by atoms with Gasteiger partial charge in [-0.15, -0.1) is 0 Å². The molecule has 0 bridgehead atoms. The van der Waals surface area contributed by atoms with Crippen LogP contribution in [0.25, 0.3) is 0 Å². The summed E-state index contributed by atoms with van der Waals surface area (Å²) in [6.07, 6.45) is 5.99. The maximum Gasteiger partial charge on any atom is 0.315 e. The molecule has 0 aromatic heterocycles. The summed E-state index contributed by atoms with van der Waals surface area (Å²) in [4.78, 5) is 11.7. The van der Waals surface area contributed by atoms with Crippen LogP contribution in [0.2, 0.25) is 0 Å². The normalized spacial score (nSPS) is 26.5. The highest BCUT2D eigenvalue weighted by atomic mass is 32.2. The van der Waals surface area contributed by atoms with E-state index in [2.05, 4.69) is 16.0 Å². The van der Waals surface area contributed by atoms with Crippen molar-refractivity contribution in [3.63, 3.8) is 0 Å². The molecule has 2 aliphatic heterocycles. The summed E-state index contributed by atoms with van der Waals surface area (Å²) < 4.78 is 0. The number of hydrogen-bond acceptors (Lipinski definition) is 3. The Kier molecular flexibility index (Phi) is 5.45. The van der Waals surface area contributed by atoms with E-state index in [1.165, 1.54) is 25.0 Å². The molecule has 3 N–H and O–H groups in total. The number of amides is 2. The van der Waals surface area contributed by atoms with E-state index >= 15 is 0 Å². The van der Waals surface area contributed by atoms with Crippen LogP contribution >= 0.6 is 11.8 Å². The Labute approximate surface area is 108 Å². The van der Waals surface area contributed by atoms with Gasteiger partial charge >= 0.3 is 6.03 Å². The lowest BCUT2D eigenvalue weighted by molar-refractivity contribution is 0.233. The molecule has 0 aliphatic carbocycles. The van der Waals surface area contributed by atoms with Crippen molar-refractivity contribution in [2.45, 2.75) is 43.4 Å². The molecule has 2 aliphatic rings. The highest BCUT2D eigenvalue weighted by Gasteiger charge is 2.17. The standard InChI is InChI=1S/C12H23N3OS/c16-12(15-10-4-6-13-7-5-10)14-9-11-3-1-2-8-17-11/h10-11,13H,1-9H2,(H2,14,15,16). The zero-order chi connectivity index (χ0) is 11.9. The van der Waals surface area contributed by atoms with E-state index in [0.29, 0.717) is 11.3 Å². The summed E-state index contributed by atoms with van der Waals surface area (Å²) in [5.41, 5.74) is 0. The smallest absolute Gasteiger partial charge is 0.315 e. The molecule has 0 radical (unpaired) electrons. The Morgan fingerprint density at radius 2 is 2.06 bits per heavy atom. The molecule has 0 spiro atoms. The fraction of sp³-hybridized carbons (Fsp3) is 0.917. The first kappa shape index (κ1) is 13.0.